The molecule has 0 radical (unpaired) electrons. The number of aromatic nitrogens is 1. The normalized spacial score (nSPS) is 11.8. The van der Waals surface area contributed by atoms with Crippen LogP contribution in [0.5, 0.6) is 0 Å². The highest BCUT2D eigenvalue weighted by Gasteiger charge is 2.19. The standard InChI is InChI=1S/C18H15ClN2O3S2/c1-11(20-16(22)15-7-4-8-25-15)18(23)24-9-12-10-26-17(21-12)13-5-2-3-6-14(13)19/h2-8,10-11H,9H2,1H3,(H,20,22). The lowest BCUT2D eigenvalue weighted by Gasteiger charge is -2.12. The van der Waals surface area contributed by atoms with Gasteiger partial charge in [0.2, 0.25) is 0 Å². The number of ether oxygens (including phenoxy) is 1. The third-order valence-corrected chi connectivity index (χ3v) is 5.59. The average Bonchev–Trinajstić information content (AvgIpc) is 3.32. The Morgan fingerprint density at radius 2 is 2.04 bits per heavy atom. The first-order valence-corrected chi connectivity index (χ1v) is 9.88. The van der Waals surface area contributed by atoms with Crippen LogP contribution in [0.25, 0.3) is 10.6 Å². The molecular weight excluding hydrogens is 392 g/mol. The summed E-state index contributed by atoms with van der Waals surface area (Å²) in [5.74, 6) is -0.804. The van der Waals surface area contributed by atoms with Crippen molar-refractivity contribution in [2.75, 3.05) is 0 Å². The Bertz CT molecular complexity index is 909. The number of hydrogen-bond donors (Lipinski definition) is 1. The molecule has 3 aromatic rings. The van der Waals surface area contributed by atoms with E-state index in [0.717, 1.165) is 10.6 Å². The predicted octanol–water partition coefficient (Wildman–Crippen LogP) is 4.39. The molecule has 1 N–H and O–H groups in total. The first kappa shape index (κ1) is 18.6. The molecule has 0 saturated carbocycles. The van der Waals surface area contributed by atoms with Crippen molar-refractivity contribution in [3.8, 4) is 10.6 Å². The number of carbonyl (C=O) groups is 2. The van der Waals surface area contributed by atoms with Crippen molar-refractivity contribution in [1.29, 1.82) is 0 Å². The minimum atomic E-state index is -0.744. The van der Waals surface area contributed by atoms with Crippen LogP contribution in [0, 0.1) is 0 Å². The maximum atomic E-state index is 12.1. The molecule has 2 aromatic heterocycles. The van der Waals surface area contributed by atoms with E-state index in [9.17, 15) is 9.59 Å². The van der Waals surface area contributed by atoms with Gasteiger partial charge in [-0.3, -0.25) is 4.79 Å². The lowest BCUT2D eigenvalue weighted by molar-refractivity contribution is -0.146. The number of hydrogen-bond acceptors (Lipinski definition) is 6. The zero-order valence-corrected chi connectivity index (χ0v) is 16.2. The third kappa shape index (κ3) is 4.49. The molecule has 1 atom stereocenters. The van der Waals surface area contributed by atoms with Gasteiger partial charge in [0, 0.05) is 10.9 Å². The number of rotatable bonds is 6. The first-order valence-electron chi connectivity index (χ1n) is 7.75. The largest absolute Gasteiger partial charge is 0.458 e. The highest BCUT2D eigenvalue weighted by molar-refractivity contribution is 7.13. The summed E-state index contributed by atoms with van der Waals surface area (Å²) in [5.41, 5.74) is 1.48. The van der Waals surface area contributed by atoms with Crippen LogP contribution in [0.1, 0.15) is 22.3 Å². The fourth-order valence-corrected chi connectivity index (χ4v) is 3.89. The molecule has 5 nitrogen and oxygen atoms in total. The van der Waals surface area contributed by atoms with E-state index in [4.69, 9.17) is 16.3 Å². The number of halogens is 1. The van der Waals surface area contributed by atoms with Crippen molar-refractivity contribution in [3.63, 3.8) is 0 Å². The molecule has 3 rings (SSSR count). The molecule has 0 aliphatic heterocycles. The number of nitrogens with one attached hydrogen (secondary N) is 1. The molecule has 134 valence electrons. The van der Waals surface area contributed by atoms with Crippen molar-refractivity contribution in [2.45, 2.75) is 19.6 Å². The first-order chi connectivity index (χ1) is 12.5. The zero-order chi connectivity index (χ0) is 18.5. The minimum absolute atomic E-state index is 0.0407. The molecule has 0 aliphatic carbocycles. The molecule has 8 heteroatoms. The fraction of sp³-hybridized carbons (Fsp3) is 0.167. The molecule has 0 fully saturated rings. The highest BCUT2D eigenvalue weighted by atomic mass is 35.5. The van der Waals surface area contributed by atoms with Crippen molar-refractivity contribution >= 4 is 46.2 Å². The van der Waals surface area contributed by atoms with Crippen LogP contribution in [0.2, 0.25) is 5.02 Å². The quantitative estimate of drug-likeness (QED) is 0.616. The zero-order valence-electron chi connectivity index (χ0n) is 13.8. The van der Waals surface area contributed by atoms with Crippen LogP contribution in [0.15, 0.2) is 47.2 Å². The van der Waals surface area contributed by atoms with Gasteiger partial charge in [-0.05, 0) is 24.4 Å². The van der Waals surface area contributed by atoms with Crippen LogP contribution in [0.4, 0.5) is 0 Å². The van der Waals surface area contributed by atoms with Gasteiger partial charge in [-0.15, -0.1) is 22.7 Å². The molecule has 1 unspecified atom stereocenters. The molecule has 1 amide bonds. The van der Waals surface area contributed by atoms with Crippen molar-refractivity contribution in [2.24, 2.45) is 0 Å². The SMILES string of the molecule is CC(NC(=O)c1cccs1)C(=O)OCc1csc(-c2ccccc2Cl)n1. The molecule has 26 heavy (non-hydrogen) atoms. The predicted molar refractivity (Wildman–Crippen MR) is 104 cm³/mol. The Labute approximate surface area is 163 Å². The Hall–Kier alpha value is -2.22. The van der Waals surface area contributed by atoms with E-state index in [2.05, 4.69) is 10.3 Å². The topological polar surface area (TPSA) is 68.3 Å². The monoisotopic (exact) mass is 406 g/mol. The lowest BCUT2D eigenvalue weighted by atomic mass is 10.2. The number of nitrogens with zero attached hydrogens (tertiary/aromatic N) is 1. The van der Waals surface area contributed by atoms with Crippen molar-refractivity contribution in [3.05, 3.63) is 62.8 Å². The summed E-state index contributed by atoms with van der Waals surface area (Å²) in [6.45, 7) is 1.63. The second-order valence-corrected chi connectivity index (χ2v) is 7.62. The molecule has 0 saturated heterocycles. The summed E-state index contributed by atoms with van der Waals surface area (Å²) in [4.78, 5) is 29.0. The van der Waals surface area contributed by atoms with Crippen LogP contribution >= 0.6 is 34.3 Å². The number of thiophene rings is 1. The van der Waals surface area contributed by atoms with Crippen LogP contribution in [-0.2, 0) is 16.1 Å². The summed E-state index contributed by atoms with van der Waals surface area (Å²) in [6.07, 6.45) is 0. The van der Waals surface area contributed by atoms with Gasteiger partial charge >= 0.3 is 5.97 Å². The van der Waals surface area contributed by atoms with Crippen molar-refractivity contribution in [1.82, 2.24) is 10.3 Å². The fourth-order valence-electron chi connectivity index (χ4n) is 2.14. The third-order valence-electron chi connectivity index (χ3n) is 3.46. The van der Waals surface area contributed by atoms with E-state index in [-0.39, 0.29) is 12.5 Å². The average molecular weight is 407 g/mol. The van der Waals surface area contributed by atoms with Gasteiger partial charge in [0.25, 0.3) is 5.91 Å². The highest BCUT2D eigenvalue weighted by Crippen LogP contribution is 2.30. The molecule has 2 heterocycles. The van der Waals surface area contributed by atoms with E-state index in [1.54, 1.807) is 30.5 Å². The van der Waals surface area contributed by atoms with E-state index < -0.39 is 12.0 Å². The van der Waals surface area contributed by atoms with Crippen molar-refractivity contribution < 1.29 is 14.3 Å². The number of esters is 1. The maximum Gasteiger partial charge on any atom is 0.328 e. The molecule has 0 bridgehead atoms. The van der Waals surface area contributed by atoms with E-state index >= 15 is 0 Å². The second kappa shape index (κ2) is 8.44. The summed E-state index contributed by atoms with van der Waals surface area (Å²) in [7, 11) is 0. The van der Waals surface area contributed by atoms with Gasteiger partial charge in [-0.2, -0.15) is 0 Å². The Balaban J connectivity index is 1.55. The van der Waals surface area contributed by atoms with Gasteiger partial charge in [0.1, 0.15) is 17.7 Å². The summed E-state index contributed by atoms with van der Waals surface area (Å²) in [5, 5.41) is 7.63. The smallest absolute Gasteiger partial charge is 0.328 e. The number of amides is 1. The minimum Gasteiger partial charge on any atom is -0.458 e. The number of thiazole rings is 1. The summed E-state index contributed by atoms with van der Waals surface area (Å²) in [6, 6.07) is 10.2. The number of benzene rings is 1. The van der Waals surface area contributed by atoms with Gasteiger partial charge in [-0.1, -0.05) is 35.9 Å². The molecule has 1 aromatic carbocycles. The summed E-state index contributed by atoms with van der Waals surface area (Å²) >= 11 is 8.91. The molecular formula is C18H15ClN2O3S2. The Morgan fingerprint density at radius 1 is 1.23 bits per heavy atom. The summed E-state index contributed by atoms with van der Waals surface area (Å²) < 4.78 is 5.25. The van der Waals surface area contributed by atoms with Gasteiger partial charge in [0.15, 0.2) is 0 Å². The van der Waals surface area contributed by atoms with Crippen LogP contribution < -0.4 is 5.32 Å². The van der Waals surface area contributed by atoms with E-state index in [1.807, 2.05) is 23.6 Å². The van der Waals surface area contributed by atoms with Crippen LogP contribution in [0.3, 0.4) is 0 Å². The Kier molecular flexibility index (Phi) is 6.03. The van der Waals surface area contributed by atoms with E-state index in [0.29, 0.717) is 15.6 Å². The lowest BCUT2D eigenvalue weighted by Crippen LogP contribution is -2.39. The Morgan fingerprint density at radius 3 is 2.77 bits per heavy atom. The van der Waals surface area contributed by atoms with E-state index in [1.165, 1.54) is 22.7 Å². The second-order valence-electron chi connectivity index (χ2n) is 5.40. The van der Waals surface area contributed by atoms with Gasteiger partial charge in [0.05, 0.1) is 15.6 Å². The maximum absolute atomic E-state index is 12.1. The molecule has 0 spiro atoms. The molecule has 0 aliphatic rings. The van der Waals surface area contributed by atoms with Crippen LogP contribution in [-0.4, -0.2) is 22.9 Å². The van der Waals surface area contributed by atoms with Gasteiger partial charge in [-0.25, -0.2) is 9.78 Å². The number of carbonyl (C=O) groups excluding carboxylic acids is 2. The van der Waals surface area contributed by atoms with Gasteiger partial charge < -0.3 is 10.1 Å².